The molecule has 9 heteroatoms. The number of aromatic nitrogens is 4. The Morgan fingerprint density at radius 3 is 2.57 bits per heavy atom. The van der Waals surface area contributed by atoms with Crippen LogP contribution in [0.1, 0.15) is 31.2 Å². The van der Waals surface area contributed by atoms with Crippen molar-refractivity contribution in [3.8, 4) is 0 Å². The maximum absolute atomic E-state index is 12.1. The van der Waals surface area contributed by atoms with E-state index >= 15 is 0 Å². The lowest BCUT2D eigenvalue weighted by atomic mass is 10.3. The molecule has 0 aliphatic heterocycles. The predicted molar refractivity (Wildman–Crippen MR) is 97.6 cm³/mol. The minimum Gasteiger partial charge on any atom is -0.322 e. The number of carbonyl (C=O) groups excluding carboxylic acids is 1. The number of hydrogen-bond acceptors (Lipinski definition) is 7. The van der Waals surface area contributed by atoms with Crippen molar-refractivity contribution in [3.05, 3.63) is 11.4 Å². The number of rotatable bonds is 8. The first-order chi connectivity index (χ1) is 11.0. The largest absolute Gasteiger partial charge is 0.322 e. The van der Waals surface area contributed by atoms with Gasteiger partial charge < -0.3 is 5.32 Å². The number of nitrogens with zero attached hydrogens (tertiary/aromatic N) is 4. The molecule has 0 atom stereocenters. The summed E-state index contributed by atoms with van der Waals surface area (Å²) in [5.74, 6) is 1.34. The van der Waals surface area contributed by atoms with E-state index in [4.69, 9.17) is 0 Å². The molecule has 6 nitrogen and oxygen atoms in total. The summed E-state index contributed by atoms with van der Waals surface area (Å²) in [6.45, 7) is 6.00. The maximum Gasteiger partial charge on any atom is 0.234 e. The second kappa shape index (κ2) is 8.70. The van der Waals surface area contributed by atoms with Gasteiger partial charge in [0.15, 0.2) is 8.68 Å². The van der Waals surface area contributed by atoms with Gasteiger partial charge in [0.2, 0.25) is 5.91 Å². The summed E-state index contributed by atoms with van der Waals surface area (Å²) in [6, 6.07) is 0. The summed E-state index contributed by atoms with van der Waals surface area (Å²) in [6.07, 6.45) is 2.36. The molecule has 0 saturated heterocycles. The Morgan fingerprint density at radius 1 is 1.26 bits per heavy atom. The second-order valence-electron chi connectivity index (χ2n) is 5.04. The van der Waals surface area contributed by atoms with Crippen LogP contribution in [0.2, 0.25) is 0 Å². The van der Waals surface area contributed by atoms with Gasteiger partial charge in [-0.25, -0.2) is 0 Å². The first kappa shape index (κ1) is 18.3. The van der Waals surface area contributed by atoms with Gasteiger partial charge in [0, 0.05) is 12.8 Å². The minimum absolute atomic E-state index is 0.0513. The fourth-order valence-corrected chi connectivity index (χ4v) is 4.85. The molecule has 0 aromatic carbocycles. The van der Waals surface area contributed by atoms with Crippen molar-refractivity contribution in [2.24, 2.45) is 7.05 Å². The Labute approximate surface area is 148 Å². The monoisotopic (exact) mass is 371 g/mol. The molecular weight excluding hydrogens is 350 g/mol. The molecule has 0 aliphatic rings. The van der Waals surface area contributed by atoms with Gasteiger partial charge in [0.1, 0.15) is 0 Å². The quantitative estimate of drug-likeness (QED) is 0.565. The second-order valence-corrected chi connectivity index (χ2v) is 8.58. The Bertz CT molecular complexity index is 667. The van der Waals surface area contributed by atoms with Crippen molar-refractivity contribution in [3.63, 3.8) is 0 Å². The van der Waals surface area contributed by atoms with Crippen LogP contribution in [0.15, 0.2) is 8.68 Å². The van der Waals surface area contributed by atoms with Crippen LogP contribution in [0.4, 0.5) is 5.69 Å². The molecule has 2 rings (SSSR count). The molecule has 0 spiro atoms. The van der Waals surface area contributed by atoms with Crippen LogP contribution in [-0.4, -0.2) is 37.4 Å². The third kappa shape index (κ3) is 5.22. The van der Waals surface area contributed by atoms with Gasteiger partial charge in [0.05, 0.1) is 22.8 Å². The number of amides is 1. The topological polar surface area (TPSA) is 72.7 Å². The molecule has 1 amide bonds. The Balaban J connectivity index is 1.82. The van der Waals surface area contributed by atoms with Gasteiger partial charge in [-0.05, 0) is 20.3 Å². The van der Waals surface area contributed by atoms with Gasteiger partial charge in [-0.3, -0.25) is 9.48 Å². The summed E-state index contributed by atoms with van der Waals surface area (Å²) in [5.41, 5.74) is 2.58. The molecular formula is C14H21N5OS3. The summed E-state index contributed by atoms with van der Waals surface area (Å²) in [5, 5.41) is 15.5. The molecule has 0 saturated carbocycles. The van der Waals surface area contributed by atoms with Gasteiger partial charge in [-0.2, -0.15) is 5.10 Å². The van der Waals surface area contributed by atoms with E-state index in [2.05, 4.69) is 27.5 Å². The van der Waals surface area contributed by atoms with Crippen LogP contribution in [0.25, 0.3) is 0 Å². The van der Waals surface area contributed by atoms with Crippen molar-refractivity contribution in [2.75, 3.05) is 16.8 Å². The van der Waals surface area contributed by atoms with Gasteiger partial charge >= 0.3 is 0 Å². The zero-order valence-corrected chi connectivity index (χ0v) is 16.2. The zero-order chi connectivity index (χ0) is 16.8. The molecule has 23 heavy (non-hydrogen) atoms. The highest BCUT2D eigenvalue weighted by atomic mass is 32.2. The fourth-order valence-electron chi connectivity index (χ4n) is 1.87. The summed E-state index contributed by atoms with van der Waals surface area (Å²) in [7, 11) is 1.87. The fraction of sp³-hybridized carbons (Fsp3) is 0.571. The van der Waals surface area contributed by atoms with Crippen LogP contribution < -0.4 is 5.32 Å². The minimum atomic E-state index is -0.0513. The van der Waals surface area contributed by atoms with Crippen molar-refractivity contribution in [1.82, 2.24) is 20.0 Å². The van der Waals surface area contributed by atoms with E-state index in [0.717, 1.165) is 31.5 Å². The lowest BCUT2D eigenvalue weighted by Crippen LogP contribution is -2.15. The lowest BCUT2D eigenvalue weighted by molar-refractivity contribution is -0.113. The number of aryl methyl sites for hydroxylation is 2. The summed E-state index contributed by atoms with van der Waals surface area (Å²) in [4.78, 5) is 12.1. The van der Waals surface area contributed by atoms with Crippen LogP contribution in [0.3, 0.4) is 0 Å². The smallest absolute Gasteiger partial charge is 0.234 e. The molecule has 1 N–H and O–H groups in total. The first-order valence-corrected chi connectivity index (χ1v) is 10.2. The number of thioether (sulfide) groups is 2. The van der Waals surface area contributed by atoms with Crippen LogP contribution in [0.5, 0.6) is 0 Å². The number of unbranched alkanes of at least 4 members (excludes halogenated alkanes) is 1. The van der Waals surface area contributed by atoms with Crippen molar-refractivity contribution in [2.45, 2.75) is 42.3 Å². The molecule has 0 radical (unpaired) electrons. The zero-order valence-electron chi connectivity index (χ0n) is 13.8. The molecule has 126 valence electrons. The third-order valence-electron chi connectivity index (χ3n) is 3.21. The molecule has 0 aliphatic carbocycles. The van der Waals surface area contributed by atoms with E-state index in [-0.39, 0.29) is 5.91 Å². The molecule has 2 heterocycles. The van der Waals surface area contributed by atoms with Crippen molar-refractivity contribution >= 4 is 46.5 Å². The van der Waals surface area contributed by atoms with Gasteiger partial charge in [-0.1, -0.05) is 48.2 Å². The normalized spacial score (nSPS) is 11.0. The molecule has 0 bridgehead atoms. The van der Waals surface area contributed by atoms with Crippen molar-refractivity contribution in [1.29, 1.82) is 0 Å². The first-order valence-electron chi connectivity index (χ1n) is 7.40. The van der Waals surface area contributed by atoms with E-state index in [1.54, 1.807) is 27.8 Å². The Hall–Kier alpha value is -1.06. The third-order valence-corrected chi connectivity index (χ3v) is 6.49. The predicted octanol–water partition coefficient (Wildman–Crippen LogP) is 3.51. The lowest BCUT2D eigenvalue weighted by Gasteiger charge is -2.04. The van der Waals surface area contributed by atoms with Crippen LogP contribution in [0, 0.1) is 13.8 Å². The average Bonchev–Trinajstić information content (AvgIpc) is 3.06. The van der Waals surface area contributed by atoms with Crippen LogP contribution in [-0.2, 0) is 11.8 Å². The van der Waals surface area contributed by atoms with Crippen molar-refractivity contribution < 1.29 is 4.79 Å². The Morgan fingerprint density at radius 2 is 1.96 bits per heavy atom. The molecule has 0 unspecified atom stereocenters. The molecule has 2 aromatic rings. The maximum atomic E-state index is 12.1. The number of carbonyl (C=O) groups is 1. The number of anilines is 1. The summed E-state index contributed by atoms with van der Waals surface area (Å²) < 4.78 is 3.57. The van der Waals surface area contributed by atoms with Crippen LogP contribution >= 0.6 is 34.9 Å². The highest BCUT2D eigenvalue weighted by Gasteiger charge is 2.13. The molecule has 0 fully saturated rings. The number of nitrogens with one attached hydrogen (secondary N) is 1. The Kier molecular flexibility index (Phi) is 6.91. The van der Waals surface area contributed by atoms with Gasteiger partial charge in [0.25, 0.3) is 0 Å². The highest BCUT2D eigenvalue weighted by molar-refractivity contribution is 8.03. The van der Waals surface area contributed by atoms with E-state index in [1.165, 1.54) is 24.6 Å². The van der Waals surface area contributed by atoms with E-state index in [9.17, 15) is 4.79 Å². The van der Waals surface area contributed by atoms with E-state index in [0.29, 0.717) is 5.75 Å². The molecule has 2 aromatic heterocycles. The van der Waals surface area contributed by atoms with E-state index < -0.39 is 0 Å². The summed E-state index contributed by atoms with van der Waals surface area (Å²) >= 11 is 4.70. The average molecular weight is 372 g/mol. The van der Waals surface area contributed by atoms with Gasteiger partial charge in [-0.15, -0.1) is 10.2 Å². The highest BCUT2D eigenvalue weighted by Crippen LogP contribution is 2.29. The SMILES string of the molecule is CCCCSc1nnc(SCC(=O)Nc2c(C)nn(C)c2C)s1. The number of hydrogen-bond donors (Lipinski definition) is 1. The standard InChI is InChI=1S/C14H21N5OS3/c1-5-6-7-21-13-16-17-14(23-13)22-8-11(20)15-12-9(2)18-19(4)10(12)3/h5-8H2,1-4H3,(H,15,20). The van der Waals surface area contributed by atoms with E-state index in [1.807, 2.05) is 20.9 Å².